The van der Waals surface area contributed by atoms with Gasteiger partial charge in [-0.3, -0.25) is 9.67 Å². The zero-order valence-electron chi connectivity index (χ0n) is 15.1. The summed E-state index contributed by atoms with van der Waals surface area (Å²) in [4.78, 5) is 4.64. The minimum Gasteiger partial charge on any atom is -0.275 e. The average Bonchev–Trinajstić information content (AvgIpc) is 3.43. The van der Waals surface area contributed by atoms with Crippen molar-refractivity contribution in [2.24, 2.45) is 7.05 Å². The summed E-state index contributed by atoms with van der Waals surface area (Å²) in [7, 11) is 1.94. The summed E-state index contributed by atoms with van der Waals surface area (Å²) < 4.78 is 1.83. The van der Waals surface area contributed by atoms with E-state index in [-0.39, 0.29) is 0 Å². The maximum Gasteiger partial charge on any atom is 0.0568 e. The van der Waals surface area contributed by atoms with Gasteiger partial charge < -0.3 is 0 Å². The monoisotopic (exact) mass is 339 g/mol. The summed E-state index contributed by atoms with van der Waals surface area (Å²) in [6, 6.07) is 15.6. The molecule has 0 N–H and O–H groups in total. The molecule has 2 aromatic heterocycles. The van der Waals surface area contributed by atoms with Crippen LogP contribution in [0.5, 0.6) is 0 Å². The molecule has 0 bridgehead atoms. The van der Waals surface area contributed by atoms with Gasteiger partial charge in [0.15, 0.2) is 0 Å². The Hall–Kier alpha value is -2.94. The predicted molar refractivity (Wildman–Crippen MR) is 106 cm³/mol. The lowest BCUT2D eigenvalue weighted by atomic mass is 9.95. The van der Waals surface area contributed by atoms with Gasteiger partial charge in [0.05, 0.1) is 6.20 Å². The zero-order chi connectivity index (χ0) is 17.7. The Bertz CT molecular complexity index is 1100. The molecule has 4 aromatic rings. The predicted octanol–water partition coefficient (Wildman–Crippen LogP) is 5.49. The molecule has 2 heterocycles. The Balaban J connectivity index is 1.61. The van der Waals surface area contributed by atoms with Crippen LogP contribution in [0.1, 0.15) is 30.0 Å². The second-order valence-electron chi connectivity index (χ2n) is 7.32. The molecule has 1 saturated carbocycles. The molecule has 1 aliphatic carbocycles. The van der Waals surface area contributed by atoms with E-state index in [1.807, 2.05) is 30.3 Å². The van der Waals surface area contributed by atoms with Crippen LogP contribution in [0.15, 0.2) is 61.1 Å². The minimum absolute atomic E-state index is 0.758. The first-order chi connectivity index (χ1) is 12.7. The third kappa shape index (κ3) is 2.60. The first-order valence-corrected chi connectivity index (χ1v) is 9.18. The van der Waals surface area contributed by atoms with Crippen molar-refractivity contribution < 1.29 is 0 Å². The number of hydrogen-bond acceptors (Lipinski definition) is 2. The number of nitrogens with zero attached hydrogens (tertiary/aromatic N) is 3. The summed E-state index contributed by atoms with van der Waals surface area (Å²) in [5.41, 5.74) is 7.31. The molecule has 0 amide bonds. The highest BCUT2D eigenvalue weighted by molar-refractivity contribution is 5.98. The van der Waals surface area contributed by atoms with Crippen molar-refractivity contribution in [3.8, 4) is 22.3 Å². The highest BCUT2D eigenvalue weighted by Crippen LogP contribution is 2.42. The van der Waals surface area contributed by atoms with E-state index in [0.717, 1.165) is 17.2 Å². The van der Waals surface area contributed by atoms with Crippen LogP contribution in [0.25, 0.3) is 33.0 Å². The van der Waals surface area contributed by atoms with Gasteiger partial charge in [0, 0.05) is 41.6 Å². The van der Waals surface area contributed by atoms with Gasteiger partial charge in [0.2, 0.25) is 0 Å². The van der Waals surface area contributed by atoms with Crippen LogP contribution in [-0.2, 0) is 7.05 Å². The largest absolute Gasteiger partial charge is 0.275 e. The molecule has 3 heteroatoms. The van der Waals surface area contributed by atoms with Crippen molar-refractivity contribution >= 4 is 10.8 Å². The van der Waals surface area contributed by atoms with Crippen LogP contribution in [-0.4, -0.2) is 14.8 Å². The first-order valence-electron chi connectivity index (χ1n) is 9.18. The fourth-order valence-electron chi connectivity index (χ4n) is 3.71. The fraction of sp³-hybridized carbons (Fsp3) is 0.217. The number of aryl methyl sites for hydroxylation is 2. The molecule has 0 atom stereocenters. The third-order valence-corrected chi connectivity index (χ3v) is 5.39. The molecular weight excluding hydrogens is 318 g/mol. The van der Waals surface area contributed by atoms with E-state index in [2.05, 4.69) is 59.5 Å². The van der Waals surface area contributed by atoms with Gasteiger partial charge in [-0.2, -0.15) is 5.10 Å². The van der Waals surface area contributed by atoms with Gasteiger partial charge in [0.1, 0.15) is 0 Å². The number of benzene rings is 2. The molecule has 0 saturated heterocycles. The molecule has 1 fully saturated rings. The van der Waals surface area contributed by atoms with E-state index in [9.17, 15) is 0 Å². The van der Waals surface area contributed by atoms with Crippen LogP contribution in [0.2, 0.25) is 0 Å². The smallest absolute Gasteiger partial charge is 0.0568 e. The summed E-state index contributed by atoms with van der Waals surface area (Å²) in [6.45, 7) is 2.09. The van der Waals surface area contributed by atoms with Gasteiger partial charge in [0.25, 0.3) is 0 Å². The molecule has 128 valence electrons. The van der Waals surface area contributed by atoms with Crippen LogP contribution < -0.4 is 0 Å². The quantitative estimate of drug-likeness (QED) is 0.494. The van der Waals surface area contributed by atoms with Crippen LogP contribution in [0, 0.1) is 6.92 Å². The van der Waals surface area contributed by atoms with Crippen molar-refractivity contribution in [3.05, 3.63) is 72.3 Å². The number of hydrogen-bond donors (Lipinski definition) is 0. The Morgan fingerprint density at radius 3 is 2.35 bits per heavy atom. The van der Waals surface area contributed by atoms with Gasteiger partial charge in [-0.1, -0.05) is 42.5 Å². The molecule has 0 spiro atoms. The third-order valence-electron chi connectivity index (χ3n) is 5.39. The van der Waals surface area contributed by atoms with Crippen molar-refractivity contribution in [1.29, 1.82) is 0 Å². The van der Waals surface area contributed by atoms with Crippen LogP contribution >= 0.6 is 0 Å². The van der Waals surface area contributed by atoms with E-state index in [4.69, 9.17) is 0 Å². The maximum atomic E-state index is 4.64. The van der Waals surface area contributed by atoms with Crippen molar-refractivity contribution in [2.75, 3.05) is 0 Å². The number of aromatic nitrogens is 3. The molecule has 0 aliphatic heterocycles. The van der Waals surface area contributed by atoms with Crippen molar-refractivity contribution in [3.63, 3.8) is 0 Å². The standard InChI is InChI=1S/C23H21N3/c1-15-21-10-9-19(16-3-4-16)11-22(21)23(13-24-15)18-7-5-17(6-8-18)20-12-25-26(2)14-20/h5-14,16H,3-4H2,1-2H3. The fourth-order valence-corrected chi connectivity index (χ4v) is 3.71. The summed E-state index contributed by atoms with van der Waals surface area (Å²) in [5, 5.41) is 6.83. The minimum atomic E-state index is 0.758. The summed E-state index contributed by atoms with van der Waals surface area (Å²) in [6.07, 6.45) is 8.61. The van der Waals surface area contributed by atoms with E-state index in [0.29, 0.717) is 0 Å². The average molecular weight is 339 g/mol. The van der Waals surface area contributed by atoms with E-state index in [1.165, 1.54) is 45.9 Å². The molecule has 1 aliphatic rings. The van der Waals surface area contributed by atoms with E-state index in [1.54, 1.807) is 0 Å². The second-order valence-corrected chi connectivity index (χ2v) is 7.32. The van der Waals surface area contributed by atoms with Gasteiger partial charge >= 0.3 is 0 Å². The lowest BCUT2D eigenvalue weighted by Crippen LogP contribution is -1.90. The molecular formula is C23H21N3. The molecule has 5 rings (SSSR count). The molecule has 0 radical (unpaired) electrons. The maximum absolute atomic E-state index is 4.64. The molecule has 26 heavy (non-hydrogen) atoms. The number of rotatable bonds is 3. The summed E-state index contributed by atoms with van der Waals surface area (Å²) >= 11 is 0. The number of pyridine rings is 1. The SMILES string of the molecule is Cc1ncc(-c2ccc(-c3cnn(C)c3)cc2)c2cc(C3CC3)ccc12. The molecule has 3 nitrogen and oxygen atoms in total. The molecule has 0 unspecified atom stereocenters. The number of fused-ring (bicyclic) bond motifs is 1. The van der Waals surface area contributed by atoms with Gasteiger partial charge in [-0.05, 0) is 47.8 Å². The van der Waals surface area contributed by atoms with Crippen molar-refractivity contribution in [1.82, 2.24) is 14.8 Å². The van der Waals surface area contributed by atoms with Crippen LogP contribution in [0.4, 0.5) is 0 Å². The lowest BCUT2D eigenvalue weighted by molar-refractivity contribution is 0.768. The molecule has 2 aromatic carbocycles. The Kier molecular flexibility index (Phi) is 3.42. The highest BCUT2D eigenvalue weighted by atomic mass is 15.2. The normalized spacial score (nSPS) is 14.1. The second kappa shape index (κ2) is 5.80. The Morgan fingerprint density at radius 1 is 0.885 bits per heavy atom. The highest BCUT2D eigenvalue weighted by Gasteiger charge is 2.24. The van der Waals surface area contributed by atoms with E-state index < -0.39 is 0 Å². The van der Waals surface area contributed by atoms with Crippen LogP contribution in [0.3, 0.4) is 0 Å². The van der Waals surface area contributed by atoms with Crippen molar-refractivity contribution in [2.45, 2.75) is 25.7 Å². The lowest BCUT2D eigenvalue weighted by Gasteiger charge is -2.11. The zero-order valence-corrected chi connectivity index (χ0v) is 15.1. The Labute approximate surface area is 153 Å². The van der Waals surface area contributed by atoms with Gasteiger partial charge in [-0.15, -0.1) is 0 Å². The topological polar surface area (TPSA) is 30.7 Å². The summed E-state index contributed by atoms with van der Waals surface area (Å²) in [5.74, 6) is 0.758. The van der Waals surface area contributed by atoms with E-state index >= 15 is 0 Å². The first kappa shape index (κ1) is 15.3. The Morgan fingerprint density at radius 2 is 1.65 bits per heavy atom. The van der Waals surface area contributed by atoms with Gasteiger partial charge in [-0.25, -0.2) is 0 Å².